The number of piperazine rings is 1. The molecule has 0 saturated carbocycles. The van der Waals surface area contributed by atoms with Crippen LogP contribution < -0.4 is 76.2 Å². The van der Waals surface area contributed by atoms with E-state index in [4.69, 9.17) is 9.47 Å². The van der Waals surface area contributed by atoms with Gasteiger partial charge >= 0.3 is 51.4 Å². The van der Waals surface area contributed by atoms with Gasteiger partial charge in [-0.2, -0.15) is 0 Å². The van der Waals surface area contributed by atoms with Crippen molar-refractivity contribution in [3.05, 3.63) is 119 Å². The Labute approximate surface area is 349 Å². The largest absolute Gasteiger partial charge is 1.00 e. The number of fused-ring (bicyclic) bond motifs is 1. The van der Waals surface area contributed by atoms with Gasteiger partial charge in [0.2, 0.25) is 0 Å². The first-order valence-corrected chi connectivity index (χ1v) is 17.9. The number of benzene rings is 4. The number of carboxylic acid groups (broad SMARTS) is 1. The smallest absolute Gasteiger partial charge is 0.550 e. The molecule has 1 saturated heterocycles. The Morgan fingerprint density at radius 2 is 1.56 bits per heavy atom. The van der Waals surface area contributed by atoms with Gasteiger partial charge in [-0.05, 0) is 73.2 Å². The molecule has 10 heteroatoms. The van der Waals surface area contributed by atoms with Crippen molar-refractivity contribution in [3.8, 4) is 11.5 Å². The SMILES string of the molecule is CCc1ccc(CNc2ccc(C(=O)c3cn(CCCC(=O)[O-])c4ccccc34)cc2OCCCN2CCN(c3ccccc3OC)CC2)cc1.[K+]. The topological polar surface area (TPSA) is 99.1 Å². The van der Waals surface area contributed by atoms with Crippen LogP contribution in [-0.2, 0) is 24.3 Å². The summed E-state index contributed by atoms with van der Waals surface area (Å²) in [5.41, 5.74) is 6.44. The average molecular weight is 727 g/mol. The Balaban J connectivity index is 0.00000523. The fourth-order valence-electron chi connectivity index (χ4n) is 6.75. The van der Waals surface area contributed by atoms with Gasteiger partial charge in [-0.15, -0.1) is 0 Å². The van der Waals surface area contributed by atoms with Crippen molar-refractivity contribution >= 4 is 34.0 Å². The van der Waals surface area contributed by atoms with E-state index in [1.165, 1.54) is 5.56 Å². The van der Waals surface area contributed by atoms with Gasteiger partial charge in [-0.3, -0.25) is 9.69 Å². The molecule has 0 amide bonds. The van der Waals surface area contributed by atoms with E-state index in [0.717, 1.165) is 79.2 Å². The molecule has 0 bridgehead atoms. The van der Waals surface area contributed by atoms with E-state index in [0.29, 0.717) is 43.0 Å². The molecule has 0 radical (unpaired) electrons. The quantitative estimate of drug-likeness (QED) is 0.0888. The maximum absolute atomic E-state index is 14.1. The number of rotatable bonds is 17. The molecule has 2 heterocycles. The van der Waals surface area contributed by atoms with E-state index in [9.17, 15) is 14.7 Å². The second kappa shape index (κ2) is 19.4. The molecular formula is C42H47KN4O5. The van der Waals surface area contributed by atoms with Gasteiger partial charge in [-0.1, -0.05) is 61.5 Å². The molecule has 1 aromatic heterocycles. The minimum absolute atomic E-state index is 0. The summed E-state index contributed by atoms with van der Waals surface area (Å²) in [6.07, 6.45) is 4.07. The Bertz CT molecular complexity index is 1940. The number of aromatic nitrogens is 1. The van der Waals surface area contributed by atoms with Crippen LogP contribution in [0.1, 0.15) is 53.2 Å². The minimum atomic E-state index is -1.08. The van der Waals surface area contributed by atoms with E-state index in [1.54, 1.807) is 7.11 Å². The van der Waals surface area contributed by atoms with Crippen molar-refractivity contribution in [2.24, 2.45) is 0 Å². The van der Waals surface area contributed by atoms with Crippen LogP contribution in [0.25, 0.3) is 10.9 Å². The summed E-state index contributed by atoms with van der Waals surface area (Å²) in [7, 11) is 1.72. The first kappa shape index (κ1) is 39.6. The molecule has 0 spiro atoms. The zero-order valence-corrected chi connectivity index (χ0v) is 33.7. The number of anilines is 2. The maximum Gasteiger partial charge on any atom is 1.00 e. The third-order valence-corrected chi connectivity index (χ3v) is 9.65. The van der Waals surface area contributed by atoms with E-state index >= 15 is 0 Å². The van der Waals surface area contributed by atoms with Crippen molar-refractivity contribution in [3.63, 3.8) is 0 Å². The second-order valence-corrected chi connectivity index (χ2v) is 13.0. The van der Waals surface area contributed by atoms with Crippen LogP contribution in [0.3, 0.4) is 0 Å². The van der Waals surface area contributed by atoms with Crippen molar-refractivity contribution < 1.29 is 75.6 Å². The molecule has 1 aliphatic heterocycles. The number of ketones is 1. The number of aliphatic carboxylic acids is 1. The number of para-hydroxylation sites is 3. The Morgan fingerprint density at radius 1 is 0.827 bits per heavy atom. The van der Waals surface area contributed by atoms with Crippen LogP contribution in [0.15, 0.2) is 97.2 Å². The third-order valence-electron chi connectivity index (χ3n) is 9.65. The van der Waals surface area contributed by atoms with Crippen molar-refractivity contribution in [2.75, 3.05) is 56.7 Å². The van der Waals surface area contributed by atoms with E-state index in [-0.39, 0.29) is 63.6 Å². The molecule has 9 nitrogen and oxygen atoms in total. The van der Waals surface area contributed by atoms with Gasteiger partial charge in [0.25, 0.3) is 0 Å². The minimum Gasteiger partial charge on any atom is -0.550 e. The van der Waals surface area contributed by atoms with Gasteiger partial charge in [0.05, 0.1) is 25.1 Å². The Morgan fingerprint density at radius 3 is 2.31 bits per heavy atom. The Kier molecular flexibility index (Phi) is 14.8. The Hall–Kier alpha value is -3.64. The number of aryl methyl sites for hydroxylation is 2. The number of hydrogen-bond donors (Lipinski definition) is 1. The predicted octanol–water partition coefficient (Wildman–Crippen LogP) is 3.18. The summed E-state index contributed by atoms with van der Waals surface area (Å²) < 4.78 is 14.0. The van der Waals surface area contributed by atoms with Crippen LogP contribution in [-0.4, -0.2) is 67.7 Å². The molecule has 0 aliphatic carbocycles. The zero-order valence-electron chi connectivity index (χ0n) is 30.6. The van der Waals surface area contributed by atoms with E-state index < -0.39 is 5.97 Å². The zero-order chi connectivity index (χ0) is 35.6. The summed E-state index contributed by atoms with van der Waals surface area (Å²) in [6.45, 7) is 8.49. The molecule has 5 aromatic rings. The average Bonchev–Trinajstić information content (AvgIpc) is 3.54. The molecule has 1 aliphatic rings. The summed E-state index contributed by atoms with van der Waals surface area (Å²) in [4.78, 5) is 29.9. The molecule has 4 aromatic carbocycles. The molecule has 1 fully saturated rings. The number of carbonyl (C=O) groups excluding carboxylic acids is 2. The van der Waals surface area contributed by atoms with Crippen LogP contribution >= 0.6 is 0 Å². The van der Waals surface area contributed by atoms with Gasteiger partial charge in [0.15, 0.2) is 5.78 Å². The van der Waals surface area contributed by atoms with Gasteiger partial charge in [0, 0.05) is 80.0 Å². The van der Waals surface area contributed by atoms with Crippen LogP contribution in [0.4, 0.5) is 11.4 Å². The summed E-state index contributed by atoms with van der Waals surface area (Å²) >= 11 is 0. The van der Waals surface area contributed by atoms with Crippen molar-refractivity contribution in [2.45, 2.75) is 45.7 Å². The second-order valence-electron chi connectivity index (χ2n) is 13.0. The standard InChI is InChI=1S/C42H48N4O5.K/c1-3-31-15-17-32(18-16-31)29-43-36-20-19-33(42(49)35-30-46(22-8-14-41(47)48)37-11-5-4-10-34(35)37)28-40(36)51-27-9-21-44-23-25-45(26-24-44)38-12-6-7-13-39(38)50-2;/h4-7,10-13,15-20,28,30,43H,3,8-9,14,21-27,29H2,1-2H3,(H,47,48);/q;+1/p-1. The molecule has 0 atom stereocenters. The predicted molar refractivity (Wildman–Crippen MR) is 201 cm³/mol. The maximum atomic E-state index is 14.1. The van der Waals surface area contributed by atoms with Crippen molar-refractivity contribution in [1.29, 1.82) is 0 Å². The molecule has 1 N–H and O–H groups in total. The number of hydrogen-bond acceptors (Lipinski definition) is 8. The summed E-state index contributed by atoms with van der Waals surface area (Å²) in [5, 5.41) is 15.4. The molecular weight excluding hydrogens is 680 g/mol. The molecule has 266 valence electrons. The van der Waals surface area contributed by atoms with E-state index in [1.807, 2.05) is 65.4 Å². The number of methoxy groups -OCH3 is 1. The van der Waals surface area contributed by atoms with Crippen molar-refractivity contribution in [1.82, 2.24) is 9.47 Å². The fourth-order valence-corrected chi connectivity index (χ4v) is 6.75. The van der Waals surface area contributed by atoms with Crippen LogP contribution in [0, 0.1) is 0 Å². The summed E-state index contributed by atoms with van der Waals surface area (Å²) in [6, 6.07) is 30.1. The van der Waals surface area contributed by atoms with E-state index in [2.05, 4.69) is 58.4 Å². The normalized spacial score (nSPS) is 13.1. The number of carboxylic acids is 1. The van der Waals surface area contributed by atoms with Crippen LogP contribution in [0.5, 0.6) is 11.5 Å². The van der Waals surface area contributed by atoms with Gasteiger partial charge in [-0.25, -0.2) is 0 Å². The summed E-state index contributed by atoms with van der Waals surface area (Å²) in [5.74, 6) is 0.365. The first-order chi connectivity index (χ1) is 24.9. The third kappa shape index (κ3) is 10.1. The van der Waals surface area contributed by atoms with Gasteiger partial charge in [0.1, 0.15) is 11.5 Å². The first-order valence-electron chi connectivity index (χ1n) is 17.9. The molecule has 6 rings (SSSR count). The fraction of sp³-hybridized carbons (Fsp3) is 0.333. The number of nitrogens with zero attached hydrogens (tertiary/aromatic N) is 3. The monoisotopic (exact) mass is 726 g/mol. The molecule has 52 heavy (non-hydrogen) atoms. The number of nitrogens with one attached hydrogen (secondary N) is 1. The van der Waals surface area contributed by atoms with Gasteiger partial charge < -0.3 is 34.2 Å². The number of ether oxygens (including phenoxy) is 2. The van der Waals surface area contributed by atoms with Crippen LogP contribution in [0.2, 0.25) is 0 Å². The molecule has 0 unspecified atom stereocenters. The number of carbonyl (C=O) groups is 2.